The minimum Gasteiger partial charge on any atom is -0.494 e. The zero-order chi connectivity index (χ0) is 21.8. The van der Waals surface area contributed by atoms with Crippen molar-refractivity contribution in [2.45, 2.75) is 39.0 Å². The van der Waals surface area contributed by atoms with Crippen molar-refractivity contribution >= 4 is 23.4 Å². The summed E-state index contributed by atoms with van der Waals surface area (Å²) in [5.74, 6) is -0.378. The second kappa shape index (κ2) is 9.16. The minimum atomic E-state index is -0.425. The quantitative estimate of drug-likeness (QED) is 0.530. The number of carbonyl (C=O) groups excluding carboxylic acids is 3. The third-order valence-corrected chi connectivity index (χ3v) is 5.67. The molecule has 0 atom stereocenters. The van der Waals surface area contributed by atoms with Gasteiger partial charge < -0.3 is 10.1 Å². The molecule has 0 saturated carbocycles. The van der Waals surface area contributed by atoms with Gasteiger partial charge in [0, 0.05) is 12.1 Å². The van der Waals surface area contributed by atoms with Crippen LogP contribution in [-0.2, 0) is 0 Å². The average molecular weight is 418 g/mol. The van der Waals surface area contributed by atoms with Gasteiger partial charge >= 0.3 is 0 Å². The molecule has 0 radical (unpaired) electrons. The number of allylic oxidation sites excluding steroid dienone is 1. The molecule has 0 saturated heterocycles. The highest BCUT2D eigenvalue weighted by Gasteiger charge is 2.37. The van der Waals surface area contributed by atoms with Crippen molar-refractivity contribution in [3.63, 3.8) is 0 Å². The van der Waals surface area contributed by atoms with Crippen molar-refractivity contribution < 1.29 is 19.1 Å². The maximum Gasteiger partial charge on any atom is 0.266 e. The fourth-order valence-electron chi connectivity index (χ4n) is 4.05. The largest absolute Gasteiger partial charge is 0.494 e. The molecule has 0 unspecified atom stereocenters. The molecule has 0 aromatic heterocycles. The number of nitrogens with zero attached hydrogens (tertiary/aromatic N) is 1. The summed E-state index contributed by atoms with van der Waals surface area (Å²) in [5.41, 5.74) is 2.81. The van der Waals surface area contributed by atoms with Crippen LogP contribution in [-0.4, -0.2) is 30.9 Å². The molecular weight excluding hydrogens is 392 g/mol. The molecule has 0 fully saturated rings. The summed E-state index contributed by atoms with van der Waals surface area (Å²) in [5, 5.41) is 2.92. The fraction of sp³-hybridized carbons (Fsp3) is 0.320. The van der Waals surface area contributed by atoms with E-state index in [0.29, 0.717) is 35.7 Å². The number of carbonyl (C=O) groups is 3. The van der Waals surface area contributed by atoms with Crippen LogP contribution in [0.2, 0.25) is 0 Å². The Morgan fingerprint density at radius 3 is 2.52 bits per heavy atom. The monoisotopic (exact) mass is 418 g/mol. The topological polar surface area (TPSA) is 75.7 Å². The van der Waals surface area contributed by atoms with Gasteiger partial charge in [-0.3, -0.25) is 14.4 Å². The molecule has 1 N–H and O–H groups in total. The molecule has 3 amide bonds. The maximum absolute atomic E-state index is 12.9. The Kier molecular flexibility index (Phi) is 6.16. The van der Waals surface area contributed by atoms with E-state index in [1.807, 2.05) is 6.92 Å². The number of benzene rings is 2. The van der Waals surface area contributed by atoms with Crippen LogP contribution >= 0.6 is 0 Å². The number of fused-ring (bicyclic) bond motifs is 1. The lowest BCUT2D eigenvalue weighted by Crippen LogP contribution is -2.29. The van der Waals surface area contributed by atoms with Gasteiger partial charge in [0.05, 0.1) is 23.4 Å². The third kappa shape index (κ3) is 4.38. The predicted molar refractivity (Wildman–Crippen MR) is 119 cm³/mol. The Morgan fingerprint density at radius 2 is 1.81 bits per heavy atom. The maximum atomic E-state index is 12.9. The number of hydrogen-bond donors (Lipinski definition) is 1. The van der Waals surface area contributed by atoms with Gasteiger partial charge in [-0.05, 0) is 81.5 Å². The van der Waals surface area contributed by atoms with Gasteiger partial charge in [-0.25, -0.2) is 4.90 Å². The lowest BCUT2D eigenvalue weighted by molar-refractivity contribution is 0.0923. The third-order valence-electron chi connectivity index (χ3n) is 5.67. The highest BCUT2D eigenvalue weighted by Crippen LogP contribution is 2.30. The van der Waals surface area contributed by atoms with Crippen LogP contribution in [0.4, 0.5) is 5.69 Å². The van der Waals surface area contributed by atoms with E-state index in [0.717, 1.165) is 24.2 Å². The van der Waals surface area contributed by atoms with E-state index >= 15 is 0 Å². The van der Waals surface area contributed by atoms with Gasteiger partial charge in [-0.15, -0.1) is 0 Å². The number of amides is 3. The lowest BCUT2D eigenvalue weighted by Gasteiger charge is -2.14. The highest BCUT2D eigenvalue weighted by molar-refractivity contribution is 6.34. The van der Waals surface area contributed by atoms with Gasteiger partial charge in [0.15, 0.2) is 0 Å². The molecule has 0 spiro atoms. The zero-order valence-electron chi connectivity index (χ0n) is 17.6. The van der Waals surface area contributed by atoms with E-state index < -0.39 is 5.91 Å². The first-order valence-electron chi connectivity index (χ1n) is 10.8. The van der Waals surface area contributed by atoms with E-state index in [1.165, 1.54) is 24.5 Å². The van der Waals surface area contributed by atoms with Crippen LogP contribution in [0.15, 0.2) is 54.1 Å². The molecule has 6 nitrogen and oxygen atoms in total. The zero-order valence-corrected chi connectivity index (χ0v) is 17.6. The minimum absolute atomic E-state index is 0.237. The molecule has 2 aliphatic rings. The van der Waals surface area contributed by atoms with Crippen molar-refractivity contribution in [2.75, 3.05) is 18.1 Å². The first-order valence-corrected chi connectivity index (χ1v) is 10.8. The average Bonchev–Trinajstić information content (AvgIpc) is 3.05. The molecule has 6 heteroatoms. The highest BCUT2D eigenvalue weighted by atomic mass is 16.5. The van der Waals surface area contributed by atoms with E-state index in [9.17, 15) is 14.4 Å². The Morgan fingerprint density at radius 1 is 1.03 bits per heavy atom. The van der Waals surface area contributed by atoms with Crippen molar-refractivity contribution in [3.8, 4) is 5.75 Å². The number of ether oxygens (including phenoxy) is 1. The summed E-state index contributed by atoms with van der Waals surface area (Å²) >= 11 is 0. The van der Waals surface area contributed by atoms with Crippen LogP contribution in [0.5, 0.6) is 5.75 Å². The van der Waals surface area contributed by atoms with E-state index in [4.69, 9.17) is 4.74 Å². The smallest absolute Gasteiger partial charge is 0.266 e. The van der Waals surface area contributed by atoms with E-state index in [1.54, 1.807) is 36.4 Å². The summed E-state index contributed by atoms with van der Waals surface area (Å²) in [4.78, 5) is 39.5. The first-order chi connectivity index (χ1) is 15.1. The predicted octanol–water partition coefficient (Wildman–Crippen LogP) is 4.51. The Balaban J connectivity index is 1.45. The number of hydrogen-bond acceptors (Lipinski definition) is 4. The number of anilines is 1. The molecule has 4 rings (SSSR count). The molecule has 1 aliphatic carbocycles. The van der Waals surface area contributed by atoms with Crippen LogP contribution in [0, 0.1) is 0 Å². The van der Waals surface area contributed by atoms with Gasteiger partial charge in [-0.2, -0.15) is 0 Å². The number of nitrogens with one attached hydrogen (secondary N) is 1. The van der Waals surface area contributed by atoms with Crippen molar-refractivity contribution in [1.29, 1.82) is 0 Å². The van der Waals surface area contributed by atoms with Crippen LogP contribution in [0.1, 0.15) is 70.1 Å². The van der Waals surface area contributed by atoms with Gasteiger partial charge in [0.2, 0.25) is 0 Å². The summed E-state index contributed by atoms with van der Waals surface area (Å²) in [7, 11) is 0. The number of rotatable bonds is 7. The van der Waals surface area contributed by atoms with Crippen molar-refractivity contribution in [1.82, 2.24) is 5.32 Å². The molecule has 1 heterocycles. The number of imide groups is 1. The molecule has 2 aromatic rings. The molecule has 31 heavy (non-hydrogen) atoms. The SMILES string of the molecule is CCOc1ccc(N2C(=O)c3ccc(C(=O)NCCC4=CCCCC4)cc3C2=O)cc1. The molecular formula is C25H26N2O4. The molecule has 0 bridgehead atoms. The first kappa shape index (κ1) is 20.8. The Labute approximate surface area is 181 Å². The Bertz CT molecular complexity index is 1040. The molecule has 160 valence electrons. The molecule has 1 aliphatic heterocycles. The normalized spacial score (nSPS) is 15.5. The van der Waals surface area contributed by atoms with Crippen LogP contribution in [0.3, 0.4) is 0 Å². The Hall–Kier alpha value is -3.41. The van der Waals surface area contributed by atoms with E-state index in [-0.39, 0.29) is 17.4 Å². The van der Waals surface area contributed by atoms with Gasteiger partial charge in [0.25, 0.3) is 17.7 Å². The van der Waals surface area contributed by atoms with Gasteiger partial charge in [-0.1, -0.05) is 11.6 Å². The second-order valence-corrected chi connectivity index (χ2v) is 7.75. The summed E-state index contributed by atoms with van der Waals surface area (Å²) < 4.78 is 5.42. The lowest BCUT2D eigenvalue weighted by atomic mass is 9.97. The summed E-state index contributed by atoms with van der Waals surface area (Å²) in [6, 6.07) is 11.5. The van der Waals surface area contributed by atoms with Crippen LogP contribution < -0.4 is 15.0 Å². The molecule has 2 aromatic carbocycles. The summed E-state index contributed by atoms with van der Waals surface area (Å²) in [6.07, 6.45) is 7.79. The van der Waals surface area contributed by atoms with Gasteiger partial charge in [0.1, 0.15) is 5.75 Å². The van der Waals surface area contributed by atoms with Crippen LogP contribution in [0.25, 0.3) is 0 Å². The van der Waals surface area contributed by atoms with Crippen molar-refractivity contribution in [3.05, 3.63) is 70.8 Å². The summed E-state index contributed by atoms with van der Waals surface area (Å²) in [6.45, 7) is 2.99. The van der Waals surface area contributed by atoms with Crippen molar-refractivity contribution in [2.24, 2.45) is 0 Å². The standard InChI is InChI=1S/C25H26N2O4/c1-2-31-20-11-9-19(10-12-20)27-24(29)21-13-8-18(16-22(21)25(27)30)23(28)26-15-14-17-6-4-3-5-7-17/h6,8-13,16H,2-5,7,14-15H2,1H3,(H,26,28). The second-order valence-electron chi connectivity index (χ2n) is 7.75. The van der Waals surface area contributed by atoms with E-state index in [2.05, 4.69) is 11.4 Å². The fourth-order valence-corrected chi connectivity index (χ4v) is 4.05.